The van der Waals surface area contributed by atoms with Gasteiger partial charge in [0.1, 0.15) is 6.54 Å². The lowest BCUT2D eigenvalue weighted by Crippen LogP contribution is -2.48. The number of quaternary nitrogens is 1. The van der Waals surface area contributed by atoms with Gasteiger partial charge in [-0.15, -0.1) is 22.7 Å². The van der Waals surface area contributed by atoms with Crippen LogP contribution in [-0.2, 0) is 6.54 Å². The van der Waals surface area contributed by atoms with Gasteiger partial charge in [0.15, 0.2) is 0 Å². The lowest BCUT2D eigenvalue weighted by atomic mass is 10.3. The molecule has 5 heteroatoms. The molecule has 2 aromatic heterocycles. The number of rotatable bonds is 3. The highest BCUT2D eigenvalue weighted by Gasteiger charge is 2.26. The highest BCUT2D eigenvalue weighted by Crippen LogP contribution is 2.31. The fraction of sp³-hybridized carbons (Fsp3) is 0.500. The minimum atomic E-state index is 1.15. The van der Waals surface area contributed by atoms with Gasteiger partial charge in [0.05, 0.1) is 40.6 Å². The monoisotopic (exact) mass is 311 g/mol. The van der Waals surface area contributed by atoms with Gasteiger partial charge >= 0.3 is 0 Å². The summed E-state index contributed by atoms with van der Waals surface area (Å²) < 4.78 is 1.20. The second-order valence-corrected chi connectivity index (χ2v) is 8.81. The zero-order valence-corrected chi connectivity index (χ0v) is 13.8. The summed E-state index contributed by atoms with van der Waals surface area (Å²) in [5.74, 6) is 2.61. The summed E-state index contributed by atoms with van der Waals surface area (Å²) in [6.45, 7) is 5.84. The van der Waals surface area contributed by atoms with Crippen molar-refractivity contribution in [2.24, 2.45) is 0 Å². The van der Waals surface area contributed by atoms with Crippen LogP contribution in [0.25, 0.3) is 10.6 Å². The maximum atomic E-state index is 4.58. The summed E-state index contributed by atoms with van der Waals surface area (Å²) in [7, 11) is 2.39. The molecule has 0 aromatic carbocycles. The number of thioether (sulfide) groups is 1. The molecule has 2 aromatic rings. The van der Waals surface area contributed by atoms with Gasteiger partial charge in [0.25, 0.3) is 0 Å². The van der Waals surface area contributed by atoms with Gasteiger partial charge in [-0.25, -0.2) is 4.98 Å². The summed E-state index contributed by atoms with van der Waals surface area (Å²) in [4.78, 5) is 7.39. The molecular weight excluding hydrogens is 292 g/mol. The maximum Gasteiger partial charge on any atom is 0.114 e. The van der Waals surface area contributed by atoms with Crippen molar-refractivity contribution < 1.29 is 4.48 Å². The Morgan fingerprint density at radius 3 is 2.74 bits per heavy atom. The third-order valence-electron chi connectivity index (χ3n) is 3.62. The number of aromatic nitrogens is 1. The molecule has 3 rings (SSSR count). The predicted octanol–water partition coefficient (Wildman–Crippen LogP) is 3.87. The molecule has 0 unspecified atom stereocenters. The van der Waals surface area contributed by atoms with Crippen molar-refractivity contribution >= 4 is 34.4 Å². The van der Waals surface area contributed by atoms with Gasteiger partial charge in [-0.2, -0.15) is 11.8 Å². The van der Waals surface area contributed by atoms with E-state index in [4.69, 9.17) is 0 Å². The standard InChI is InChI=1S/C14H19N2S3/c1-11-15-13(10-18-11)14-4-3-12(19-14)9-16(2)5-7-17-8-6-16/h3-4,10H,5-9H2,1-2H3/q+1. The van der Waals surface area contributed by atoms with Crippen LogP contribution in [0.2, 0.25) is 0 Å². The van der Waals surface area contributed by atoms with E-state index < -0.39 is 0 Å². The fourth-order valence-electron chi connectivity index (χ4n) is 2.40. The van der Waals surface area contributed by atoms with Crippen LogP contribution in [0, 0.1) is 6.92 Å². The van der Waals surface area contributed by atoms with Crippen LogP contribution in [0.3, 0.4) is 0 Å². The van der Waals surface area contributed by atoms with Crippen LogP contribution < -0.4 is 0 Å². The Hall–Kier alpha value is -0.360. The van der Waals surface area contributed by atoms with Gasteiger partial charge in [0.2, 0.25) is 0 Å². The van der Waals surface area contributed by atoms with Gasteiger partial charge in [0, 0.05) is 16.9 Å². The average Bonchev–Trinajstić information content (AvgIpc) is 2.98. The summed E-state index contributed by atoms with van der Waals surface area (Å²) in [5.41, 5.74) is 1.15. The van der Waals surface area contributed by atoms with Crippen LogP contribution in [0.15, 0.2) is 17.5 Å². The summed E-state index contributed by atoms with van der Waals surface area (Å²) >= 11 is 5.74. The first kappa shape index (κ1) is 13.6. The molecule has 0 amide bonds. The molecule has 0 saturated carbocycles. The smallest absolute Gasteiger partial charge is 0.114 e. The molecule has 0 bridgehead atoms. The first-order valence-electron chi connectivity index (χ1n) is 6.57. The second-order valence-electron chi connectivity index (χ2n) is 5.35. The Morgan fingerprint density at radius 1 is 1.26 bits per heavy atom. The predicted molar refractivity (Wildman–Crippen MR) is 87.1 cm³/mol. The summed E-state index contributed by atoms with van der Waals surface area (Å²) in [6.07, 6.45) is 0. The van der Waals surface area contributed by atoms with E-state index in [1.165, 1.54) is 45.4 Å². The molecule has 0 radical (unpaired) electrons. The number of hydrogen-bond donors (Lipinski definition) is 0. The summed E-state index contributed by atoms with van der Waals surface area (Å²) in [6, 6.07) is 4.53. The Kier molecular flexibility index (Phi) is 3.98. The van der Waals surface area contributed by atoms with Crippen LogP contribution in [-0.4, -0.2) is 41.1 Å². The van der Waals surface area contributed by atoms with E-state index in [1.54, 1.807) is 11.3 Å². The SMILES string of the molecule is Cc1nc(-c2ccc(C[N+]3(C)CCSCC3)s2)cs1. The van der Waals surface area contributed by atoms with Crippen molar-refractivity contribution in [1.82, 2.24) is 4.98 Å². The normalized spacial score (nSPS) is 18.6. The Balaban J connectivity index is 1.74. The van der Waals surface area contributed by atoms with E-state index in [0.717, 1.165) is 10.7 Å². The van der Waals surface area contributed by atoms with Gasteiger partial charge < -0.3 is 4.48 Å². The van der Waals surface area contributed by atoms with E-state index in [1.807, 2.05) is 11.3 Å². The minimum absolute atomic E-state index is 1.15. The largest absolute Gasteiger partial charge is 0.320 e. The average molecular weight is 312 g/mol. The quantitative estimate of drug-likeness (QED) is 0.798. The van der Waals surface area contributed by atoms with Crippen molar-refractivity contribution in [2.45, 2.75) is 13.5 Å². The van der Waals surface area contributed by atoms with E-state index in [9.17, 15) is 0 Å². The second kappa shape index (κ2) is 5.56. The number of thiazole rings is 1. The molecule has 1 saturated heterocycles. The number of nitrogens with zero attached hydrogens (tertiary/aromatic N) is 2. The lowest BCUT2D eigenvalue weighted by molar-refractivity contribution is -0.918. The molecule has 1 aliphatic rings. The third kappa shape index (κ3) is 3.21. The fourth-order valence-corrected chi connectivity index (χ4v) is 5.57. The molecule has 0 spiro atoms. The lowest BCUT2D eigenvalue weighted by Gasteiger charge is -2.37. The molecule has 0 atom stereocenters. The highest BCUT2D eigenvalue weighted by atomic mass is 32.2. The number of thiophene rings is 1. The molecule has 0 N–H and O–H groups in total. The van der Waals surface area contributed by atoms with E-state index in [0.29, 0.717) is 0 Å². The van der Waals surface area contributed by atoms with Crippen LogP contribution in [0.4, 0.5) is 0 Å². The Bertz CT molecular complexity index is 553. The van der Waals surface area contributed by atoms with Crippen molar-refractivity contribution in [2.75, 3.05) is 31.6 Å². The molecule has 2 nitrogen and oxygen atoms in total. The van der Waals surface area contributed by atoms with Crippen molar-refractivity contribution in [3.63, 3.8) is 0 Å². The van der Waals surface area contributed by atoms with Crippen molar-refractivity contribution in [3.8, 4) is 10.6 Å². The van der Waals surface area contributed by atoms with Gasteiger partial charge in [-0.3, -0.25) is 0 Å². The first-order chi connectivity index (χ1) is 9.15. The first-order valence-corrected chi connectivity index (χ1v) is 9.42. The Labute approximate surface area is 127 Å². The highest BCUT2D eigenvalue weighted by molar-refractivity contribution is 7.99. The zero-order chi connectivity index (χ0) is 13.3. The number of hydrogen-bond acceptors (Lipinski definition) is 4. The van der Waals surface area contributed by atoms with Gasteiger partial charge in [-0.1, -0.05) is 0 Å². The van der Waals surface area contributed by atoms with Crippen LogP contribution in [0.1, 0.15) is 9.88 Å². The molecule has 3 heterocycles. The van der Waals surface area contributed by atoms with Crippen LogP contribution >= 0.6 is 34.4 Å². The zero-order valence-electron chi connectivity index (χ0n) is 11.4. The topological polar surface area (TPSA) is 12.9 Å². The van der Waals surface area contributed by atoms with E-state index in [2.05, 4.69) is 48.2 Å². The number of aryl methyl sites for hydroxylation is 1. The van der Waals surface area contributed by atoms with E-state index in [-0.39, 0.29) is 0 Å². The molecule has 0 aliphatic carbocycles. The van der Waals surface area contributed by atoms with Crippen LogP contribution in [0.5, 0.6) is 0 Å². The molecular formula is C14H19N2S3+. The molecule has 1 aliphatic heterocycles. The third-order valence-corrected chi connectivity index (χ3v) is 6.43. The van der Waals surface area contributed by atoms with Crippen molar-refractivity contribution in [1.29, 1.82) is 0 Å². The molecule has 1 fully saturated rings. The molecule has 19 heavy (non-hydrogen) atoms. The maximum absolute atomic E-state index is 4.58. The van der Waals surface area contributed by atoms with Gasteiger partial charge in [-0.05, 0) is 19.1 Å². The Morgan fingerprint density at radius 2 is 2.05 bits per heavy atom. The molecule has 102 valence electrons. The van der Waals surface area contributed by atoms with Crippen molar-refractivity contribution in [3.05, 3.63) is 27.4 Å². The van der Waals surface area contributed by atoms with E-state index >= 15 is 0 Å². The minimum Gasteiger partial charge on any atom is -0.320 e. The summed E-state index contributed by atoms with van der Waals surface area (Å²) in [5, 5.41) is 3.32.